The lowest BCUT2D eigenvalue weighted by atomic mass is 10.2. The standard InChI is InChI=1S/C7H5F2NO.C6H4ClF2N.C6H3F2NO2.C6H5F2NO.Cl2OS/c1-4(11)7-6(9)2-5(8)3-10-7;7-2-6-5(9)1-4(8)3-10-6;7-3-1-4(8)5(6(10)11)9-2-3;7-4-1-5(8)6(3-10)9-2-4;1-4(2)3/h2-3H,1H3;1,3H,2H2;1-2H,(H,10,11);1-2,10H,3H2;. The average molecular weight is 744 g/mol. The van der Waals surface area contributed by atoms with Crippen molar-refractivity contribution in [1.29, 1.82) is 0 Å². The van der Waals surface area contributed by atoms with Gasteiger partial charge in [0.15, 0.2) is 23.1 Å². The van der Waals surface area contributed by atoms with Crippen LogP contribution < -0.4 is 0 Å². The average Bonchev–Trinajstić information content (AvgIpc) is 2.93. The Labute approximate surface area is 270 Å². The molecular weight excluding hydrogens is 727 g/mol. The number of alkyl halides is 1. The molecule has 0 aromatic carbocycles. The van der Waals surface area contributed by atoms with Crippen LogP contribution in [0.3, 0.4) is 0 Å². The number of rotatable bonds is 4. The molecule has 4 heterocycles. The van der Waals surface area contributed by atoms with Crippen LogP contribution in [0.25, 0.3) is 0 Å². The number of aromatic nitrogens is 4. The number of carbonyl (C=O) groups excluding carboxylic acids is 1. The number of hydrogen-bond donors (Lipinski definition) is 2. The molecule has 0 atom stereocenters. The quantitative estimate of drug-likeness (QED) is 0.102. The van der Waals surface area contributed by atoms with Crippen molar-refractivity contribution in [3.8, 4) is 0 Å². The number of aromatic carboxylic acids is 1. The van der Waals surface area contributed by atoms with Gasteiger partial charge in [0, 0.05) is 52.6 Å². The molecule has 0 aliphatic rings. The summed E-state index contributed by atoms with van der Waals surface area (Å²) in [5.41, 5.74) is -1.16. The lowest BCUT2D eigenvalue weighted by Gasteiger charge is -1.95. The third-order valence-corrected chi connectivity index (χ3v) is 4.45. The summed E-state index contributed by atoms with van der Waals surface area (Å²) in [6.07, 6.45) is 3.24. The van der Waals surface area contributed by atoms with Crippen LogP contribution in [0, 0.1) is 46.5 Å². The number of carbonyl (C=O) groups is 2. The van der Waals surface area contributed by atoms with E-state index in [-0.39, 0.29) is 23.0 Å². The second-order valence-corrected chi connectivity index (χ2v) is 10.3. The van der Waals surface area contributed by atoms with Crippen LogP contribution in [0.4, 0.5) is 35.1 Å². The van der Waals surface area contributed by atoms with Crippen molar-refractivity contribution in [2.45, 2.75) is 19.4 Å². The Hall–Kier alpha value is -3.84. The van der Waals surface area contributed by atoms with E-state index in [9.17, 15) is 44.7 Å². The Morgan fingerprint density at radius 3 is 1.28 bits per heavy atom. The highest BCUT2D eigenvalue weighted by Gasteiger charge is 2.12. The van der Waals surface area contributed by atoms with E-state index in [1.807, 2.05) is 0 Å². The number of hydrogen-bond acceptors (Lipinski definition) is 8. The highest BCUT2D eigenvalue weighted by atomic mass is 36.0. The molecular formula is C25H17Cl3F8N4O5S. The fourth-order valence-corrected chi connectivity index (χ4v) is 2.54. The van der Waals surface area contributed by atoms with Gasteiger partial charge in [0.1, 0.15) is 46.3 Å². The maximum atomic E-state index is 12.6. The van der Waals surface area contributed by atoms with Crippen LogP contribution in [0.1, 0.15) is 39.3 Å². The van der Waals surface area contributed by atoms with Crippen molar-refractivity contribution >= 4 is 53.9 Å². The number of aliphatic hydroxyl groups is 1. The minimum absolute atomic E-state index is 0.0356. The van der Waals surface area contributed by atoms with Crippen LogP contribution >= 0.6 is 33.0 Å². The van der Waals surface area contributed by atoms with E-state index >= 15 is 0 Å². The number of carboxylic acid groups (broad SMARTS) is 1. The van der Waals surface area contributed by atoms with Gasteiger partial charge < -0.3 is 10.2 Å². The summed E-state index contributed by atoms with van der Waals surface area (Å²) in [4.78, 5) is 33.7. The molecule has 4 rings (SSSR count). The van der Waals surface area contributed by atoms with E-state index in [1.165, 1.54) is 6.92 Å². The molecule has 250 valence electrons. The molecule has 0 amide bonds. The number of carboxylic acids is 1. The van der Waals surface area contributed by atoms with Crippen LogP contribution in [0.2, 0.25) is 0 Å². The first-order chi connectivity index (χ1) is 21.4. The largest absolute Gasteiger partial charge is 0.476 e. The number of nitrogens with zero attached hydrogens (tertiary/aromatic N) is 4. The van der Waals surface area contributed by atoms with Gasteiger partial charge >= 0.3 is 5.97 Å². The van der Waals surface area contributed by atoms with Gasteiger partial charge in [-0.15, -0.1) is 11.6 Å². The summed E-state index contributed by atoms with van der Waals surface area (Å²) >= 11 is 5.26. The van der Waals surface area contributed by atoms with Gasteiger partial charge in [0.2, 0.25) is 9.23 Å². The van der Waals surface area contributed by atoms with Crippen LogP contribution in [0.15, 0.2) is 49.1 Å². The fourth-order valence-electron chi connectivity index (χ4n) is 2.35. The minimum atomic E-state index is -1.67. The summed E-state index contributed by atoms with van der Waals surface area (Å²) in [5.74, 6) is -8.77. The molecule has 0 spiro atoms. The molecule has 21 heteroatoms. The first kappa shape index (κ1) is 42.2. The molecule has 0 saturated heterocycles. The summed E-state index contributed by atoms with van der Waals surface area (Å²) in [5, 5.41) is 16.6. The summed E-state index contributed by atoms with van der Waals surface area (Å²) < 4.78 is 107. The van der Waals surface area contributed by atoms with Gasteiger partial charge in [0.05, 0.1) is 43.0 Å². The van der Waals surface area contributed by atoms with Gasteiger partial charge in [-0.3, -0.25) is 14.8 Å². The van der Waals surface area contributed by atoms with Gasteiger partial charge in [-0.25, -0.2) is 54.1 Å². The third-order valence-electron chi connectivity index (χ3n) is 4.20. The highest BCUT2D eigenvalue weighted by Crippen LogP contribution is 2.08. The Bertz CT molecular complexity index is 1530. The molecule has 4 aromatic rings. The monoisotopic (exact) mass is 742 g/mol. The van der Waals surface area contributed by atoms with Gasteiger partial charge in [-0.2, -0.15) is 0 Å². The molecule has 46 heavy (non-hydrogen) atoms. The lowest BCUT2D eigenvalue weighted by molar-refractivity contribution is 0.0684. The molecule has 0 radical (unpaired) electrons. The molecule has 9 nitrogen and oxygen atoms in total. The third kappa shape index (κ3) is 17.0. The predicted octanol–water partition coefficient (Wildman–Crippen LogP) is 6.61. The van der Waals surface area contributed by atoms with E-state index < -0.39 is 79.8 Å². The molecule has 0 aliphatic heterocycles. The summed E-state index contributed by atoms with van der Waals surface area (Å²) in [7, 11) is 7.36. The molecule has 0 fully saturated rings. The Balaban J connectivity index is 0.000000565. The minimum Gasteiger partial charge on any atom is -0.476 e. The van der Waals surface area contributed by atoms with E-state index in [0.29, 0.717) is 24.4 Å². The highest BCUT2D eigenvalue weighted by molar-refractivity contribution is 8.26. The Morgan fingerprint density at radius 2 is 1.00 bits per heavy atom. The SMILES string of the molecule is CC(=O)c1ncc(F)cc1F.Fc1cnc(CCl)c(F)c1.O=C(O)c1ncc(F)cc1F.O=S(Cl)Cl.OCc1ncc(F)cc1F. The van der Waals surface area contributed by atoms with Gasteiger partial charge in [-0.1, -0.05) is 0 Å². The molecule has 0 unspecified atom stereocenters. The topological polar surface area (TPSA) is 143 Å². The van der Waals surface area contributed by atoms with Crippen LogP contribution in [-0.2, 0) is 21.7 Å². The van der Waals surface area contributed by atoms with Crippen LogP contribution in [-0.4, -0.2) is 46.1 Å². The second kappa shape index (κ2) is 21.8. The van der Waals surface area contributed by atoms with Crippen molar-refractivity contribution < 1.29 is 59.1 Å². The summed E-state index contributed by atoms with van der Waals surface area (Å²) in [6, 6.07) is 2.53. The maximum absolute atomic E-state index is 12.6. The zero-order chi connectivity index (χ0) is 35.6. The fraction of sp³-hybridized carbons (Fsp3) is 0.120. The first-order valence-corrected chi connectivity index (χ1v) is 14.6. The second-order valence-electron chi connectivity index (χ2n) is 7.47. The molecule has 0 aliphatic carbocycles. The molecule has 0 bridgehead atoms. The van der Waals surface area contributed by atoms with Gasteiger partial charge in [-0.05, 0) is 0 Å². The van der Waals surface area contributed by atoms with Crippen molar-refractivity contribution in [3.05, 3.63) is 118 Å². The molecule has 2 N–H and O–H groups in total. The molecule has 4 aromatic heterocycles. The van der Waals surface area contributed by atoms with E-state index in [0.717, 1.165) is 24.7 Å². The van der Waals surface area contributed by atoms with Crippen molar-refractivity contribution in [2.75, 3.05) is 0 Å². The van der Waals surface area contributed by atoms with E-state index in [2.05, 4.69) is 41.3 Å². The number of ketones is 1. The van der Waals surface area contributed by atoms with E-state index in [1.54, 1.807) is 0 Å². The predicted molar refractivity (Wildman–Crippen MR) is 149 cm³/mol. The maximum Gasteiger partial charge on any atom is 0.357 e. The number of pyridine rings is 4. The van der Waals surface area contributed by atoms with Crippen molar-refractivity contribution in [3.63, 3.8) is 0 Å². The molecule has 0 saturated carbocycles. The lowest BCUT2D eigenvalue weighted by Crippen LogP contribution is -2.04. The zero-order valence-corrected chi connectivity index (χ0v) is 25.6. The number of aliphatic hydroxyl groups excluding tert-OH is 1. The van der Waals surface area contributed by atoms with E-state index in [4.69, 9.17) is 26.0 Å². The Kier molecular flexibility index (Phi) is 20.0. The van der Waals surface area contributed by atoms with Crippen molar-refractivity contribution in [1.82, 2.24) is 19.9 Å². The van der Waals surface area contributed by atoms with Crippen LogP contribution in [0.5, 0.6) is 0 Å². The number of Topliss-reactive ketones (excluding diaryl/α,β-unsaturated/α-hetero) is 1. The normalized spacial score (nSPS) is 9.70. The smallest absolute Gasteiger partial charge is 0.357 e. The Morgan fingerprint density at radius 1 is 0.674 bits per heavy atom. The number of halogens is 11. The first-order valence-electron chi connectivity index (χ1n) is 11.3. The van der Waals surface area contributed by atoms with Gasteiger partial charge in [0.25, 0.3) is 0 Å². The summed E-state index contributed by atoms with van der Waals surface area (Å²) in [6.45, 7) is 0.662. The zero-order valence-electron chi connectivity index (χ0n) is 22.5. The van der Waals surface area contributed by atoms with Crippen molar-refractivity contribution in [2.24, 2.45) is 0 Å².